The number of rotatable bonds is 3. The van der Waals surface area contributed by atoms with Gasteiger partial charge in [-0.25, -0.2) is 0 Å². The molecule has 2 aliphatic rings. The zero-order valence-corrected chi connectivity index (χ0v) is 17.1. The Morgan fingerprint density at radius 1 is 0.964 bits per heavy atom. The average Bonchev–Trinajstić information content (AvgIpc) is 2.93. The Morgan fingerprint density at radius 3 is 2.29 bits per heavy atom. The quantitative estimate of drug-likeness (QED) is 0.707. The molecule has 28 heavy (non-hydrogen) atoms. The van der Waals surface area contributed by atoms with Crippen LogP contribution in [-0.2, 0) is 9.59 Å². The van der Waals surface area contributed by atoms with Gasteiger partial charge in [0.2, 0.25) is 11.8 Å². The molecule has 1 aliphatic heterocycles. The summed E-state index contributed by atoms with van der Waals surface area (Å²) in [7, 11) is 0. The summed E-state index contributed by atoms with van der Waals surface area (Å²) in [5.74, 6) is -0.360. The molecule has 1 N–H and O–H groups in total. The van der Waals surface area contributed by atoms with Crippen LogP contribution in [-0.4, -0.2) is 17.7 Å². The molecule has 0 aromatic heterocycles. The number of imide groups is 1. The zero-order chi connectivity index (χ0) is 19.8. The highest BCUT2D eigenvalue weighted by atomic mass is 79.9. The van der Waals surface area contributed by atoms with Gasteiger partial charge in [0.15, 0.2) is 0 Å². The van der Waals surface area contributed by atoms with E-state index in [0.29, 0.717) is 22.9 Å². The van der Waals surface area contributed by atoms with Crippen molar-refractivity contribution in [1.82, 2.24) is 0 Å². The number of benzene rings is 2. The Labute approximate surface area is 172 Å². The maximum absolute atomic E-state index is 12.8. The Morgan fingerprint density at radius 2 is 1.61 bits per heavy atom. The average molecular weight is 441 g/mol. The first-order valence-corrected chi connectivity index (χ1v) is 10.3. The van der Waals surface area contributed by atoms with Crippen LogP contribution >= 0.6 is 15.9 Å². The molecule has 1 saturated heterocycles. The smallest absolute Gasteiger partial charge is 0.255 e. The summed E-state index contributed by atoms with van der Waals surface area (Å²) in [6, 6.07) is 14.0. The van der Waals surface area contributed by atoms with Crippen molar-refractivity contribution in [2.75, 3.05) is 10.2 Å². The number of hydrogen-bond donors (Lipinski definition) is 1. The van der Waals surface area contributed by atoms with Gasteiger partial charge >= 0.3 is 0 Å². The van der Waals surface area contributed by atoms with Crippen LogP contribution in [0.4, 0.5) is 11.4 Å². The molecule has 1 heterocycles. The number of nitrogens with zero attached hydrogens (tertiary/aromatic N) is 1. The van der Waals surface area contributed by atoms with E-state index in [2.05, 4.69) is 28.2 Å². The van der Waals surface area contributed by atoms with Crippen molar-refractivity contribution in [3.63, 3.8) is 0 Å². The third-order valence-electron chi connectivity index (χ3n) is 5.68. The SMILES string of the molecule is C[C@@H]1CC[C@H]2C(=O)N(c3ccc(C(=O)Nc4ccc(Br)cc4)cc3)C(=O)[C@H]2C1. The fourth-order valence-electron chi connectivity index (χ4n) is 4.14. The Hall–Kier alpha value is -2.47. The monoisotopic (exact) mass is 440 g/mol. The maximum atomic E-state index is 12.8. The summed E-state index contributed by atoms with van der Waals surface area (Å²) in [6.45, 7) is 2.13. The van der Waals surface area contributed by atoms with Crippen LogP contribution in [0.3, 0.4) is 0 Å². The van der Waals surface area contributed by atoms with E-state index in [1.54, 1.807) is 36.4 Å². The van der Waals surface area contributed by atoms with E-state index >= 15 is 0 Å². The number of fused-ring (bicyclic) bond motifs is 1. The number of carbonyl (C=O) groups excluding carboxylic acids is 3. The fraction of sp³-hybridized carbons (Fsp3) is 0.318. The first kappa shape index (κ1) is 18.9. The van der Waals surface area contributed by atoms with Gasteiger partial charge in [-0.2, -0.15) is 0 Å². The van der Waals surface area contributed by atoms with Crippen LogP contribution < -0.4 is 10.2 Å². The lowest BCUT2D eigenvalue weighted by atomic mass is 9.76. The topological polar surface area (TPSA) is 66.5 Å². The number of nitrogens with one attached hydrogen (secondary N) is 1. The lowest BCUT2D eigenvalue weighted by Gasteiger charge is -2.25. The number of halogens is 1. The first-order valence-electron chi connectivity index (χ1n) is 9.49. The normalized spacial score (nSPS) is 24.2. The zero-order valence-electron chi connectivity index (χ0n) is 15.5. The lowest BCUT2D eigenvalue weighted by molar-refractivity contribution is -0.122. The number of carbonyl (C=O) groups is 3. The minimum Gasteiger partial charge on any atom is -0.322 e. The van der Waals surface area contributed by atoms with E-state index < -0.39 is 0 Å². The molecular formula is C22H21BrN2O3. The number of amides is 3. The number of hydrogen-bond acceptors (Lipinski definition) is 3. The third-order valence-corrected chi connectivity index (χ3v) is 6.21. The van der Waals surface area contributed by atoms with Crippen molar-refractivity contribution >= 4 is 45.0 Å². The molecule has 2 aromatic carbocycles. The summed E-state index contributed by atoms with van der Waals surface area (Å²) in [5.41, 5.74) is 1.70. The molecule has 1 aliphatic carbocycles. The molecule has 0 bridgehead atoms. The Balaban J connectivity index is 1.50. The molecule has 3 amide bonds. The second kappa shape index (κ2) is 7.51. The van der Waals surface area contributed by atoms with Gasteiger partial charge in [0.25, 0.3) is 5.91 Å². The highest BCUT2D eigenvalue weighted by molar-refractivity contribution is 9.10. The van der Waals surface area contributed by atoms with E-state index in [0.717, 1.165) is 23.7 Å². The second-order valence-corrected chi connectivity index (χ2v) is 8.57. The van der Waals surface area contributed by atoms with Gasteiger partial charge in [-0.05, 0) is 73.7 Å². The van der Waals surface area contributed by atoms with Crippen LogP contribution in [0.5, 0.6) is 0 Å². The van der Waals surface area contributed by atoms with Crippen molar-refractivity contribution in [3.8, 4) is 0 Å². The first-order chi connectivity index (χ1) is 13.4. The second-order valence-electron chi connectivity index (χ2n) is 7.65. The molecule has 1 saturated carbocycles. The van der Waals surface area contributed by atoms with Crippen molar-refractivity contribution in [1.29, 1.82) is 0 Å². The predicted molar refractivity (Wildman–Crippen MR) is 111 cm³/mol. The molecular weight excluding hydrogens is 420 g/mol. The predicted octanol–water partition coefficient (Wildman–Crippen LogP) is 4.63. The van der Waals surface area contributed by atoms with Crippen molar-refractivity contribution < 1.29 is 14.4 Å². The molecule has 144 valence electrons. The highest BCUT2D eigenvalue weighted by Crippen LogP contribution is 2.42. The fourth-order valence-corrected chi connectivity index (χ4v) is 4.41. The summed E-state index contributed by atoms with van der Waals surface area (Å²) in [5, 5.41) is 2.83. The van der Waals surface area contributed by atoms with Crippen LogP contribution in [0.25, 0.3) is 0 Å². The molecule has 5 nitrogen and oxygen atoms in total. The molecule has 3 atom stereocenters. The van der Waals surface area contributed by atoms with Gasteiger partial charge in [-0.15, -0.1) is 0 Å². The Kier molecular flexibility index (Phi) is 5.06. The van der Waals surface area contributed by atoms with Gasteiger partial charge in [-0.3, -0.25) is 19.3 Å². The molecule has 0 unspecified atom stereocenters. The largest absolute Gasteiger partial charge is 0.322 e. The molecule has 0 spiro atoms. The summed E-state index contributed by atoms with van der Waals surface area (Å²) in [4.78, 5) is 39.3. The Bertz CT molecular complexity index is 924. The summed E-state index contributed by atoms with van der Waals surface area (Å²) < 4.78 is 0.935. The van der Waals surface area contributed by atoms with Crippen molar-refractivity contribution in [3.05, 3.63) is 58.6 Å². The summed E-state index contributed by atoms with van der Waals surface area (Å²) >= 11 is 3.36. The van der Waals surface area contributed by atoms with Crippen molar-refractivity contribution in [2.45, 2.75) is 26.2 Å². The molecule has 0 radical (unpaired) electrons. The van der Waals surface area contributed by atoms with Gasteiger partial charge in [-0.1, -0.05) is 22.9 Å². The van der Waals surface area contributed by atoms with E-state index in [4.69, 9.17) is 0 Å². The van der Waals surface area contributed by atoms with Crippen molar-refractivity contribution in [2.24, 2.45) is 17.8 Å². The van der Waals surface area contributed by atoms with E-state index in [-0.39, 0.29) is 29.6 Å². The summed E-state index contributed by atoms with van der Waals surface area (Å²) in [6.07, 6.45) is 2.54. The van der Waals surface area contributed by atoms with Crippen LogP contribution in [0.15, 0.2) is 53.0 Å². The minimum atomic E-state index is -0.240. The van der Waals surface area contributed by atoms with Crippen LogP contribution in [0, 0.1) is 17.8 Å². The molecule has 2 aromatic rings. The van der Waals surface area contributed by atoms with Gasteiger partial charge in [0.05, 0.1) is 17.5 Å². The van der Waals surface area contributed by atoms with E-state index in [1.807, 2.05) is 12.1 Å². The van der Waals surface area contributed by atoms with E-state index in [9.17, 15) is 14.4 Å². The van der Waals surface area contributed by atoms with Gasteiger partial charge in [0, 0.05) is 15.7 Å². The highest BCUT2D eigenvalue weighted by Gasteiger charge is 2.49. The minimum absolute atomic E-state index is 0.103. The number of anilines is 2. The van der Waals surface area contributed by atoms with Crippen LogP contribution in [0.2, 0.25) is 0 Å². The maximum Gasteiger partial charge on any atom is 0.255 e. The van der Waals surface area contributed by atoms with E-state index in [1.165, 1.54) is 4.90 Å². The molecule has 4 rings (SSSR count). The molecule has 2 fully saturated rings. The lowest BCUT2D eigenvalue weighted by Crippen LogP contribution is -2.30. The third kappa shape index (κ3) is 3.49. The van der Waals surface area contributed by atoms with Gasteiger partial charge < -0.3 is 5.32 Å². The van der Waals surface area contributed by atoms with Crippen LogP contribution in [0.1, 0.15) is 36.5 Å². The van der Waals surface area contributed by atoms with Gasteiger partial charge in [0.1, 0.15) is 0 Å². The molecule has 6 heteroatoms. The standard InChI is InChI=1S/C22H21BrN2O3/c1-13-2-11-18-19(12-13)22(28)25(21(18)27)17-9-3-14(4-10-17)20(26)24-16-7-5-15(23)6-8-16/h3-10,13,18-19H,2,11-12H2,1H3,(H,24,26)/t13-,18-,19+/m1/s1.